The van der Waals surface area contributed by atoms with E-state index in [1.54, 1.807) is 30.3 Å². The number of hydrogen-bond acceptors (Lipinski definition) is 3. The molecule has 0 atom stereocenters. The molecule has 2 N–H and O–H groups in total. The summed E-state index contributed by atoms with van der Waals surface area (Å²) in [7, 11) is 0. The SMILES string of the molecule is Cc1ccc2c(c1)C(=O)N(c1ccc(N)c(Br)c1)C2=O. The molecule has 0 saturated carbocycles. The van der Waals surface area contributed by atoms with E-state index >= 15 is 0 Å². The first kappa shape index (κ1) is 12.9. The van der Waals surface area contributed by atoms with Gasteiger partial charge < -0.3 is 5.73 Å². The Bertz CT molecular complexity index is 756. The van der Waals surface area contributed by atoms with Crippen LogP contribution in [0.3, 0.4) is 0 Å². The van der Waals surface area contributed by atoms with E-state index in [9.17, 15) is 9.59 Å². The lowest BCUT2D eigenvalue weighted by molar-refractivity contribution is 0.0926. The van der Waals surface area contributed by atoms with Crippen molar-refractivity contribution in [3.63, 3.8) is 0 Å². The first-order valence-corrected chi connectivity index (χ1v) is 6.83. The summed E-state index contributed by atoms with van der Waals surface area (Å²) >= 11 is 3.31. The van der Waals surface area contributed by atoms with Gasteiger partial charge in [-0.25, -0.2) is 4.90 Å². The number of halogens is 1. The Morgan fingerprint density at radius 2 is 1.70 bits per heavy atom. The number of nitrogens with two attached hydrogens (primary N) is 1. The molecule has 0 saturated heterocycles. The molecule has 3 rings (SSSR count). The Morgan fingerprint density at radius 1 is 1.00 bits per heavy atom. The summed E-state index contributed by atoms with van der Waals surface area (Å²) in [6.07, 6.45) is 0. The number of nitrogens with zero attached hydrogens (tertiary/aromatic N) is 1. The summed E-state index contributed by atoms with van der Waals surface area (Å²) < 4.78 is 0.655. The Hall–Kier alpha value is -2.14. The predicted octanol–water partition coefficient (Wildman–Crippen LogP) is 3.14. The van der Waals surface area contributed by atoms with Gasteiger partial charge in [-0.2, -0.15) is 0 Å². The molecule has 2 amide bonds. The van der Waals surface area contributed by atoms with Crippen molar-refractivity contribution in [3.8, 4) is 0 Å². The van der Waals surface area contributed by atoms with E-state index in [4.69, 9.17) is 5.73 Å². The third kappa shape index (κ3) is 1.82. The average molecular weight is 331 g/mol. The molecule has 0 fully saturated rings. The monoisotopic (exact) mass is 330 g/mol. The molecular weight excluding hydrogens is 320 g/mol. The molecule has 0 spiro atoms. The van der Waals surface area contributed by atoms with Crippen LogP contribution in [0.2, 0.25) is 0 Å². The van der Waals surface area contributed by atoms with Gasteiger partial charge in [0.15, 0.2) is 0 Å². The normalized spacial score (nSPS) is 13.8. The maximum Gasteiger partial charge on any atom is 0.266 e. The van der Waals surface area contributed by atoms with E-state index in [0.29, 0.717) is 27.0 Å². The first-order valence-electron chi connectivity index (χ1n) is 6.03. The zero-order valence-corrected chi connectivity index (χ0v) is 12.3. The minimum Gasteiger partial charge on any atom is -0.398 e. The number of fused-ring (bicyclic) bond motifs is 1. The van der Waals surface area contributed by atoms with Crippen LogP contribution >= 0.6 is 15.9 Å². The summed E-state index contributed by atoms with van der Waals surface area (Å²) in [5.74, 6) is -0.605. The number of carbonyl (C=O) groups is 2. The number of imide groups is 1. The molecule has 1 aliphatic rings. The summed E-state index contributed by atoms with van der Waals surface area (Å²) in [5.41, 5.74) is 8.63. The van der Waals surface area contributed by atoms with Crippen LogP contribution in [0.15, 0.2) is 40.9 Å². The lowest BCUT2D eigenvalue weighted by Gasteiger charge is -2.14. The van der Waals surface area contributed by atoms with Crippen molar-refractivity contribution in [1.82, 2.24) is 0 Å². The Balaban J connectivity index is 2.11. The lowest BCUT2D eigenvalue weighted by Crippen LogP contribution is -2.29. The van der Waals surface area contributed by atoms with Crippen molar-refractivity contribution in [1.29, 1.82) is 0 Å². The minimum atomic E-state index is -0.304. The van der Waals surface area contributed by atoms with E-state index in [2.05, 4.69) is 15.9 Å². The molecule has 0 unspecified atom stereocenters. The Kier molecular flexibility index (Phi) is 2.87. The van der Waals surface area contributed by atoms with Gasteiger partial charge in [-0.05, 0) is 53.2 Å². The predicted molar refractivity (Wildman–Crippen MR) is 80.9 cm³/mol. The van der Waals surface area contributed by atoms with Crippen molar-refractivity contribution >= 4 is 39.1 Å². The second-order valence-corrected chi connectivity index (χ2v) is 5.55. The van der Waals surface area contributed by atoms with Gasteiger partial charge in [0.2, 0.25) is 0 Å². The summed E-state index contributed by atoms with van der Waals surface area (Å²) in [4.78, 5) is 26.0. The topological polar surface area (TPSA) is 63.4 Å². The molecule has 2 aromatic carbocycles. The number of benzene rings is 2. The number of amides is 2. The van der Waals surface area contributed by atoms with Gasteiger partial charge in [-0.15, -0.1) is 0 Å². The van der Waals surface area contributed by atoms with E-state index in [1.807, 2.05) is 13.0 Å². The molecule has 0 radical (unpaired) electrons. The quantitative estimate of drug-likeness (QED) is 0.645. The van der Waals surface area contributed by atoms with Crippen molar-refractivity contribution in [2.75, 3.05) is 10.6 Å². The maximum absolute atomic E-state index is 12.4. The molecule has 0 bridgehead atoms. The highest BCUT2D eigenvalue weighted by atomic mass is 79.9. The van der Waals surface area contributed by atoms with Crippen LogP contribution in [0.4, 0.5) is 11.4 Å². The molecule has 0 aliphatic carbocycles. The Labute approximate surface area is 124 Å². The highest BCUT2D eigenvalue weighted by molar-refractivity contribution is 9.10. The van der Waals surface area contributed by atoms with Crippen LogP contribution in [0, 0.1) is 6.92 Å². The molecule has 5 heteroatoms. The van der Waals surface area contributed by atoms with Crippen LogP contribution in [0.25, 0.3) is 0 Å². The zero-order chi connectivity index (χ0) is 14.4. The van der Waals surface area contributed by atoms with Crippen molar-refractivity contribution in [2.24, 2.45) is 0 Å². The summed E-state index contributed by atoms with van der Waals surface area (Å²) in [6.45, 7) is 1.89. The zero-order valence-electron chi connectivity index (χ0n) is 10.7. The van der Waals surface area contributed by atoms with Crippen LogP contribution in [0.1, 0.15) is 26.3 Å². The van der Waals surface area contributed by atoms with Crippen molar-refractivity contribution < 1.29 is 9.59 Å². The van der Waals surface area contributed by atoms with Crippen molar-refractivity contribution in [2.45, 2.75) is 6.92 Å². The standard InChI is InChI=1S/C15H11BrN2O2/c1-8-2-4-10-11(6-8)15(20)18(14(10)19)9-3-5-13(17)12(16)7-9/h2-7H,17H2,1H3. The fourth-order valence-electron chi connectivity index (χ4n) is 2.24. The number of rotatable bonds is 1. The number of carbonyl (C=O) groups excluding carboxylic acids is 2. The van der Waals surface area contributed by atoms with Gasteiger partial charge in [0.1, 0.15) is 0 Å². The van der Waals surface area contributed by atoms with E-state index < -0.39 is 0 Å². The third-order valence-corrected chi connectivity index (χ3v) is 3.97. The molecule has 1 heterocycles. The van der Waals surface area contributed by atoms with Crippen LogP contribution in [-0.4, -0.2) is 11.8 Å². The van der Waals surface area contributed by atoms with Gasteiger partial charge in [-0.1, -0.05) is 11.6 Å². The van der Waals surface area contributed by atoms with Gasteiger partial charge >= 0.3 is 0 Å². The largest absolute Gasteiger partial charge is 0.398 e. The fourth-order valence-corrected chi connectivity index (χ4v) is 2.61. The molecule has 1 aliphatic heterocycles. The average Bonchev–Trinajstić information content (AvgIpc) is 2.65. The van der Waals surface area contributed by atoms with Gasteiger partial charge in [0.05, 0.1) is 16.8 Å². The molecule has 100 valence electrons. The van der Waals surface area contributed by atoms with Gasteiger partial charge in [-0.3, -0.25) is 9.59 Å². The smallest absolute Gasteiger partial charge is 0.266 e. The molecule has 20 heavy (non-hydrogen) atoms. The second kappa shape index (κ2) is 4.45. The lowest BCUT2D eigenvalue weighted by atomic mass is 10.1. The number of anilines is 2. The van der Waals surface area contributed by atoms with E-state index in [1.165, 1.54) is 4.90 Å². The fraction of sp³-hybridized carbons (Fsp3) is 0.0667. The van der Waals surface area contributed by atoms with Crippen molar-refractivity contribution in [3.05, 3.63) is 57.6 Å². The summed E-state index contributed by atoms with van der Waals surface area (Å²) in [6, 6.07) is 10.2. The highest BCUT2D eigenvalue weighted by Gasteiger charge is 2.36. The van der Waals surface area contributed by atoms with Crippen LogP contribution < -0.4 is 10.6 Å². The Morgan fingerprint density at radius 3 is 2.40 bits per heavy atom. The highest BCUT2D eigenvalue weighted by Crippen LogP contribution is 2.32. The molecular formula is C15H11BrN2O2. The molecule has 4 nitrogen and oxygen atoms in total. The molecule has 2 aromatic rings. The third-order valence-electron chi connectivity index (χ3n) is 3.28. The summed E-state index contributed by atoms with van der Waals surface area (Å²) in [5, 5.41) is 0. The van der Waals surface area contributed by atoms with Gasteiger partial charge in [0.25, 0.3) is 11.8 Å². The van der Waals surface area contributed by atoms with Crippen LogP contribution in [0.5, 0.6) is 0 Å². The first-order chi connectivity index (χ1) is 9.49. The minimum absolute atomic E-state index is 0.301. The number of aryl methyl sites for hydroxylation is 1. The van der Waals surface area contributed by atoms with E-state index in [0.717, 1.165) is 5.56 Å². The maximum atomic E-state index is 12.4. The molecule has 0 aromatic heterocycles. The number of nitrogen functional groups attached to an aromatic ring is 1. The van der Waals surface area contributed by atoms with Gasteiger partial charge in [0, 0.05) is 10.2 Å². The second-order valence-electron chi connectivity index (χ2n) is 4.70. The van der Waals surface area contributed by atoms with E-state index in [-0.39, 0.29) is 11.8 Å². The number of hydrogen-bond donors (Lipinski definition) is 1. The van der Waals surface area contributed by atoms with Crippen LogP contribution in [-0.2, 0) is 0 Å².